The highest BCUT2D eigenvalue weighted by molar-refractivity contribution is 5.96. The van der Waals surface area contributed by atoms with Gasteiger partial charge in [0.15, 0.2) is 0 Å². The molecule has 1 unspecified atom stereocenters. The number of hydrogen-bond acceptors (Lipinski definition) is 10. The molecule has 0 radical (unpaired) electrons. The Labute approximate surface area is 210 Å². The molecule has 1 aromatic carbocycles. The zero-order valence-electron chi connectivity index (χ0n) is 20.1. The number of ether oxygens (including phenoxy) is 5. The molecule has 0 amide bonds. The van der Waals surface area contributed by atoms with Crippen LogP contribution in [-0.2, 0) is 23.8 Å². The number of esters is 1. The van der Waals surface area contributed by atoms with Crippen LogP contribution >= 0.6 is 0 Å². The maximum atomic E-state index is 13.6. The fourth-order valence-corrected chi connectivity index (χ4v) is 3.00. The second kappa shape index (κ2) is 11.2. The molecule has 1 heterocycles. The summed E-state index contributed by atoms with van der Waals surface area (Å²) in [5.41, 5.74) is -2.64. The second-order valence-electron chi connectivity index (χ2n) is 8.64. The third kappa shape index (κ3) is 8.88. The van der Waals surface area contributed by atoms with Gasteiger partial charge >= 0.3 is 24.7 Å². The molecule has 0 saturated carbocycles. The first-order valence-corrected chi connectivity index (χ1v) is 10.4. The van der Waals surface area contributed by atoms with E-state index in [1.807, 2.05) is 0 Å². The lowest BCUT2D eigenvalue weighted by atomic mass is 9.97. The van der Waals surface area contributed by atoms with E-state index < -0.39 is 77.8 Å². The molecule has 1 aliphatic rings. The fraction of sp³-hybridized carbons (Fsp3) is 0.524. The topological polar surface area (TPSA) is 133 Å². The number of rotatable bonds is 9. The van der Waals surface area contributed by atoms with Gasteiger partial charge in [-0.25, -0.2) is 9.59 Å². The minimum Gasteiger partial charge on any atom is -0.475 e. The number of carbonyl (C=O) groups excluding carboxylic acids is 2. The standard InChI is InChI=1S/C21H21F6NO10/c1-10-5-13(38-21(25,26)27)6-12-7-14(16(20(22,23)24)37-15(10)12)17(29)35-11(2)36-18(30)33-8-19(3,4)9-34-28(31)32/h5-7,11,16H,8-9H2,1-4H3/t11?,16-/m0/s1. The summed E-state index contributed by atoms with van der Waals surface area (Å²) >= 11 is 0. The van der Waals surface area contributed by atoms with E-state index in [1.165, 1.54) is 20.8 Å². The van der Waals surface area contributed by atoms with E-state index >= 15 is 0 Å². The maximum absolute atomic E-state index is 13.6. The zero-order chi connectivity index (χ0) is 29.1. The van der Waals surface area contributed by atoms with E-state index in [2.05, 4.69) is 14.3 Å². The Bertz CT molecular complexity index is 1100. The van der Waals surface area contributed by atoms with Crippen molar-refractivity contribution in [2.24, 2.45) is 5.41 Å². The molecule has 1 aliphatic heterocycles. The average Bonchev–Trinajstić information content (AvgIpc) is 2.73. The Morgan fingerprint density at radius 3 is 2.29 bits per heavy atom. The fourth-order valence-electron chi connectivity index (χ4n) is 3.00. The van der Waals surface area contributed by atoms with Gasteiger partial charge in [0.2, 0.25) is 12.4 Å². The third-order valence-electron chi connectivity index (χ3n) is 4.55. The Morgan fingerprint density at radius 2 is 1.74 bits per heavy atom. The third-order valence-corrected chi connectivity index (χ3v) is 4.55. The number of alkyl halides is 6. The van der Waals surface area contributed by atoms with Crippen molar-refractivity contribution in [3.63, 3.8) is 0 Å². The van der Waals surface area contributed by atoms with Gasteiger partial charge in [0.1, 0.15) is 24.7 Å². The highest BCUT2D eigenvalue weighted by atomic mass is 19.4. The summed E-state index contributed by atoms with van der Waals surface area (Å²) in [5.74, 6) is -2.86. The molecule has 1 aromatic rings. The maximum Gasteiger partial charge on any atom is 0.573 e. The minimum atomic E-state index is -5.14. The molecule has 38 heavy (non-hydrogen) atoms. The number of benzene rings is 1. The lowest BCUT2D eigenvalue weighted by Gasteiger charge is -2.29. The van der Waals surface area contributed by atoms with E-state index in [0.29, 0.717) is 6.08 Å². The van der Waals surface area contributed by atoms with Crippen molar-refractivity contribution in [2.45, 2.75) is 52.6 Å². The SMILES string of the molecule is Cc1cc(OC(F)(F)F)cc2c1O[C@H](C(F)(F)F)C(C(=O)OC(C)OC(=O)OCC(C)(C)CO[N+](=O)[O-])=C2. The van der Waals surface area contributed by atoms with Crippen LogP contribution in [0.15, 0.2) is 17.7 Å². The van der Waals surface area contributed by atoms with Gasteiger partial charge in [-0.2, -0.15) is 13.2 Å². The van der Waals surface area contributed by atoms with Gasteiger partial charge in [0, 0.05) is 17.9 Å². The second-order valence-corrected chi connectivity index (χ2v) is 8.64. The highest BCUT2D eigenvalue weighted by Gasteiger charge is 2.49. The molecule has 2 atom stereocenters. The Kier molecular flexibility index (Phi) is 8.95. The lowest BCUT2D eigenvalue weighted by Crippen LogP contribution is -2.41. The molecular weight excluding hydrogens is 540 g/mol. The van der Waals surface area contributed by atoms with E-state index in [4.69, 9.17) is 14.2 Å². The van der Waals surface area contributed by atoms with Gasteiger partial charge in [0.05, 0.1) is 5.57 Å². The van der Waals surface area contributed by atoms with Gasteiger partial charge in [-0.1, -0.05) is 13.8 Å². The van der Waals surface area contributed by atoms with Crippen molar-refractivity contribution >= 4 is 18.2 Å². The van der Waals surface area contributed by atoms with Gasteiger partial charge in [-0.05, 0) is 30.7 Å². The van der Waals surface area contributed by atoms with Crippen LogP contribution < -0.4 is 9.47 Å². The number of nitrogens with zero attached hydrogens (tertiary/aromatic N) is 1. The Morgan fingerprint density at radius 1 is 1.11 bits per heavy atom. The molecule has 17 heteroatoms. The molecule has 0 aliphatic carbocycles. The molecule has 2 rings (SSSR count). The summed E-state index contributed by atoms with van der Waals surface area (Å²) in [6.45, 7) is 4.17. The largest absolute Gasteiger partial charge is 0.573 e. The van der Waals surface area contributed by atoms with E-state index in [1.54, 1.807) is 0 Å². The number of halogens is 6. The van der Waals surface area contributed by atoms with Crippen molar-refractivity contribution in [3.05, 3.63) is 38.9 Å². The van der Waals surface area contributed by atoms with E-state index in [9.17, 15) is 46.0 Å². The summed E-state index contributed by atoms with van der Waals surface area (Å²) in [6.07, 6.45) is -15.7. The van der Waals surface area contributed by atoms with Crippen LogP contribution in [0.1, 0.15) is 31.9 Å². The Balaban J connectivity index is 2.16. The molecule has 0 bridgehead atoms. The number of fused-ring (bicyclic) bond motifs is 1. The first-order chi connectivity index (χ1) is 17.3. The van der Waals surface area contributed by atoms with Crippen LogP contribution in [0, 0.1) is 22.5 Å². The molecule has 0 N–H and O–H groups in total. The molecule has 0 fully saturated rings. The molecule has 0 spiro atoms. The number of carbonyl (C=O) groups is 2. The van der Waals surface area contributed by atoms with Crippen molar-refractivity contribution < 1.29 is 69.5 Å². The predicted molar refractivity (Wildman–Crippen MR) is 111 cm³/mol. The number of hydrogen-bond donors (Lipinski definition) is 0. The average molecular weight is 561 g/mol. The predicted octanol–water partition coefficient (Wildman–Crippen LogP) is 4.88. The highest BCUT2D eigenvalue weighted by Crippen LogP contribution is 2.41. The van der Waals surface area contributed by atoms with Gasteiger partial charge in [0.25, 0.3) is 5.09 Å². The normalized spacial score (nSPS) is 16.3. The molecule has 0 aromatic heterocycles. The van der Waals surface area contributed by atoms with Crippen LogP contribution in [-0.4, -0.2) is 55.4 Å². The monoisotopic (exact) mass is 561 g/mol. The summed E-state index contributed by atoms with van der Waals surface area (Å²) in [4.78, 5) is 38.8. The van der Waals surface area contributed by atoms with Gasteiger partial charge < -0.3 is 28.5 Å². The summed E-state index contributed by atoms with van der Waals surface area (Å²) in [7, 11) is 0. The van der Waals surface area contributed by atoms with Crippen LogP contribution in [0.3, 0.4) is 0 Å². The Hall–Kier alpha value is -3.92. The van der Waals surface area contributed by atoms with Crippen molar-refractivity contribution in [1.82, 2.24) is 0 Å². The lowest BCUT2D eigenvalue weighted by molar-refractivity contribution is -0.760. The zero-order valence-corrected chi connectivity index (χ0v) is 20.1. The quantitative estimate of drug-likeness (QED) is 0.135. The van der Waals surface area contributed by atoms with E-state index in [-0.39, 0.29) is 11.1 Å². The first kappa shape index (κ1) is 30.3. The van der Waals surface area contributed by atoms with Crippen LogP contribution in [0.5, 0.6) is 11.5 Å². The van der Waals surface area contributed by atoms with Crippen molar-refractivity contribution in [1.29, 1.82) is 0 Å². The summed E-state index contributed by atoms with van der Waals surface area (Å²) in [6, 6.07) is 1.53. The molecule has 212 valence electrons. The number of aryl methyl sites for hydroxylation is 1. The first-order valence-electron chi connectivity index (χ1n) is 10.4. The van der Waals surface area contributed by atoms with Crippen LogP contribution in [0.2, 0.25) is 0 Å². The molecule has 11 nitrogen and oxygen atoms in total. The van der Waals surface area contributed by atoms with Crippen LogP contribution in [0.4, 0.5) is 31.1 Å². The van der Waals surface area contributed by atoms with Crippen LogP contribution in [0.25, 0.3) is 6.08 Å². The van der Waals surface area contributed by atoms with E-state index in [0.717, 1.165) is 19.1 Å². The summed E-state index contributed by atoms with van der Waals surface area (Å²) < 4.78 is 102. The van der Waals surface area contributed by atoms with Gasteiger partial charge in [-0.3, -0.25) is 0 Å². The minimum absolute atomic E-state index is 0.134. The van der Waals surface area contributed by atoms with Crippen molar-refractivity contribution in [3.8, 4) is 11.5 Å². The van der Waals surface area contributed by atoms with Crippen molar-refractivity contribution in [2.75, 3.05) is 13.2 Å². The molecular formula is C21H21F6NO10. The summed E-state index contributed by atoms with van der Waals surface area (Å²) in [5, 5.41) is 9.22. The molecule has 0 saturated heterocycles. The van der Waals surface area contributed by atoms with Gasteiger partial charge in [-0.15, -0.1) is 23.3 Å². The smallest absolute Gasteiger partial charge is 0.475 e.